The Morgan fingerprint density at radius 2 is 1.88 bits per heavy atom. The van der Waals surface area contributed by atoms with Gasteiger partial charge in [0.05, 0.1) is 6.61 Å². The number of carbonyl (C=O) groups excluding carboxylic acids is 1. The van der Waals surface area contributed by atoms with Gasteiger partial charge in [-0.05, 0) is 61.9 Å². The van der Waals surface area contributed by atoms with E-state index in [1.807, 2.05) is 6.92 Å². The SMILES string of the molecule is CCOC(=O)C1=C(C2CCCCC2)[C@@H]2[C@H]1[C@H]1CC(=C(C#N)C#N)[C@@H]2C1. The van der Waals surface area contributed by atoms with E-state index in [1.54, 1.807) is 0 Å². The number of ether oxygens (including phenoxy) is 1. The van der Waals surface area contributed by atoms with Crippen LogP contribution in [0.3, 0.4) is 0 Å². The number of fused-ring (bicyclic) bond motifs is 5. The first-order valence-corrected chi connectivity index (χ1v) is 9.65. The highest BCUT2D eigenvalue weighted by atomic mass is 16.5. The molecule has 0 aromatic heterocycles. The second-order valence-electron chi connectivity index (χ2n) is 7.91. The second-order valence-corrected chi connectivity index (χ2v) is 7.91. The maximum atomic E-state index is 12.6. The van der Waals surface area contributed by atoms with Gasteiger partial charge in [-0.3, -0.25) is 0 Å². The number of allylic oxidation sites excluding steroid dienone is 3. The maximum Gasteiger partial charge on any atom is 0.334 e. The molecule has 25 heavy (non-hydrogen) atoms. The van der Waals surface area contributed by atoms with Crippen molar-refractivity contribution in [2.24, 2.45) is 29.6 Å². The highest BCUT2D eigenvalue weighted by Gasteiger charge is 2.61. The van der Waals surface area contributed by atoms with Crippen molar-refractivity contribution in [1.82, 2.24) is 0 Å². The molecular weight excluding hydrogens is 312 g/mol. The molecule has 0 aliphatic heterocycles. The number of hydrogen-bond donors (Lipinski definition) is 0. The van der Waals surface area contributed by atoms with E-state index in [9.17, 15) is 15.3 Å². The largest absolute Gasteiger partial charge is 0.463 e. The van der Waals surface area contributed by atoms with Gasteiger partial charge in [0.25, 0.3) is 0 Å². The van der Waals surface area contributed by atoms with Crippen LogP contribution in [-0.4, -0.2) is 12.6 Å². The number of nitrogens with zero attached hydrogens (tertiary/aromatic N) is 2. The van der Waals surface area contributed by atoms with E-state index in [0.717, 1.165) is 24.0 Å². The Morgan fingerprint density at radius 3 is 2.52 bits per heavy atom. The summed E-state index contributed by atoms with van der Waals surface area (Å²) in [6, 6.07) is 4.19. The molecule has 0 saturated heterocycles. The fourth-order valence-electron chi connectivity index (χ4n) is 6.09. The smallest absolute Gasteiger partial charge is 0.334 e. The Hall–Kier alpha value is -2.07. The molecule has 3 fully saturated rings. The van der Waals surface area contributed by atoms with Crippen molar-refractivity contribution in [1.29, 1.82) is 10.5 Å². The van der Waals surface area contributed by atoms with Crippen molar-refractivity contribution in [3.8, 4) is 12.1 Å². The molecule has 0 aromatic carbocycles. The Kier molecular flexibility index (Phi) is 4.16. The van der Waals surface area contributed by atoms with Crippen LogP contribution in [0, 0.1) is 52.3 Å². The lowest BCUT2D eigenvalue weighted by molar-refractivity contribution is -0.140. The monoisotopic (exact) mass is 336 g/mol. The lowest BCUT2D eigenvalue weighted by Crippen LogP contribution is -2.43. The molecule has 130 valence electrons. The average Bonchev–Trinajstić information content (AvgIpc) is 3.12. The zero-order valence-electron chi connectivity index (χ0n) is 14.8. The third-order valence-electron chi connectivity index (χ3n) is 6.90. The number of carbonyl (C=O) groups is 1. The zero-order valence-corrected chi connectivity index (χ0v) is 14.8. The van der Waals surface area contributed by atoms with Crippen molar-refractivity contribution >= 4 is 5.97 Å². The molecule has 0 amide bonds. The van der Waals surface area contributed by atoms with Gasteiger partial charge < -0.3 is 4.74 Å². The summed E-state index contributed by atoms with van der Waals surface area (Å²) in [7, 11) is 0. The van der Waals surface area contributed by atoms with Gasteiger partial charge >= 0.3 is 5.97 Å². The van der Waals surface area contributed by atoms with Crippen LogP contribution in [0.25, 0.3) is 0 Å². The summed E-state index contributed by atoms with van der Waals surface area (Å²) >= 11 is 0. The molecule has 3 saturated carbocycles. The topological polar surface area (TPSA) is 73.9 Å². The van der Waals surface area contributed by atoms with Crippen LogP contribution >= 0.6 is 0 Å². The second kappa shape index (κ2) is 6.34. The van der Waals surface area contributed by atoms with E-state index in [-0.39, 0.29) is 5.97 Å². The summed E-state index contributed by atoms with van der Waals surface area (Å²) in [6.45, 7) is 2.28. The highest BCUT2D eigenvalue weighted by Crippen LogP contribution is 2.67. The van der Waals surface area contributed by atoms with Crippen LogP contribution in [0.4, 0.5) is 0 Å². The molecule has 0 unspecified atom stereocenters. The van der Waals surface area contributed by atoms with E-state index < -0.39 is 0 Å². The van der Waals surface area contributed by atoms with Gasteiger partial charge in [-0.25, -0.2) is 4.79 Å². The van der Waals surface area contributed by atoms with Crippen LogP contribution < -0.4 is 0 Å². The molecule has 4 heteroatoms. The first kappa shape index (κ1) is 16.4. The van der Waals surface area contributed by atoms with Crippen LogP contribution in [0.2, 0.25) is 0 Å². The fraction of sp³-hybridized carbons (Fsp3) is 0.667. The van der Waals surface area contributed by atoms with Gasteiger partial charge in [-0.15, -0.1) is 0 Å². The van der Waals surface area contributed by atoms with Gasteiger partial charge in [0.2, 0.25) is 0 Å². The van der Waals surface area contributed by atoms with Crippen molar-refractivity contribution < 1.29 is 9.53 Å². The quantitative estimate of drug-likeness (QED) is 0.575. The Morgan fingerprint density at radius 1 is 1.16 bits per heavy atom. The standard InChI is InChI=1S/C21H24N2O2/c1-2-25-21(24)20-17(12-6-4-3-5-7-12)19-16-9-13(18(19)20)8-15(16)14(10-22)11-23/h12-13,16,18-19H,2-9H2,1H3/t13-,16-,18+,19+/m0/s1. The summed E-state index contributed by atoms with van der Waals surface area (Å²) in [5.74, 6) is 1.80. The van der Waals surface area contributed by atoms with E-state index in [0.29, 0.717) is 41.8 Å². The molecule has 4 aliphatic carbocycles. The van der Waals surface area contributed by atoms with Crippen LogP contribution in [0.15, 0.2) is 22.3 Å². The normalized spacial score (nSPS) is 33.3. The summed E-state index contributed by atoms with van der Waals surface area (Å²) in [6.07, 6.45) is 7.93. The molecule has 0 heterocycles. The molecule has 0 aromatic rings. The summed E-state index contributed by atoms with van der Waals surface area (Å²) < 4.78 is 5.39. The molecule has 4 atom stereocenters. The van der Waals surface area contributed by atoms with E-state index in [2.05, 4.69) is 12.1 Å². The van der Waals surface area contributed by atoms with Gasteiger partial charge in [0.15, 0.2) is 0 Å². The summed E-state index contributed by atoms with van der Waals surface area (Å²) in [5, 5.41) is 18.6. The number of esters is 1. The van der Waals surface area contributed by atoms with E-state index in [4.69, 9.17) is 4.74 Å². The van der Waals surface area contributed by atoms with Crippen LogP contribution in [0.5, 0.6) is 0 Å². The Labute approximate surface area is 149 Å². The minimum Gasteiger partial charge on any atom is -0.463 e. The van der Waals surface area contributed by atoms with E-state index in [1.165, 1.54) is 37.7 Å². The molecule has 0 N–H and O–H groups in total. The van der Waals surface area contributed by atoms with Crippen molar-refractivity contribution in [3.63, 3.8) is 0 Å². The van der Waals surface area contributed by atoms with Crippen LogP contribution in [0.1, 0.15) is 51.9 Å². The number of rotatable bonds is 3. The predicted octanol–water partition coefficient (Wildman–Crippen LogP) is 4.06. The Balaban J connectivity index is 1.72. The lowest BCUT2D eigenvalue weighted by Gasteiger charge is -2.48. The highest BCUT2D eigenvalue weighted by molar-refractivity contribution is 5.93. The van der Waals surface area contributed by atoms with Gasteiger partial charge in [0.1, 0.15) is 17.7 Å². The molecule has 4 aliphatic rings. The van der Waals surface area contributed by atoms with Crippen molar-refractivity contribution in [2.45, 2.75) is 51.9 Å². The molecule has 0 radical (unpaired) electrons. The van der Waals surface area contributed by atoms with Crippen molar-refractivity contribution in [3.05, 3.63) is 22.3 Å². The summed E-state index contributed by atoms with van der Waals surface area (Å²) in [5.41, 5.74) is 3.69. The Bertz CT molecular complexity index is 727. The third-order valence-corrected chi connectivity index (χ3v) is 6.90. The first-order chi connectivity index (χ1) is 12.2. The van der Waals surface area contributed by atoms with E-state index >= 15 is 0 Å². The van der Waals surface area contributed by atoms with Crippen LogP contribution in [-0.2, 0) is 9.53 Å². The summed E-state index contributed by atoms with van der Waals surface area (Å²) in [4.78, 5) is 12.6. The van der Waals surface area contributed by atoms with Gasteiger partial charge in [-0.1, -0.05) is 24.8 Å². The fourth-order valence-corrected chi connectivity index (χ4v) is 6.09. The molecule has 4 nitrogen and oxygen atoms in total. The lowest BCUT2D eigenvalue weighted by atomic mass is 9.55. The maximum absolute atomic E-state index is 12.6. The average molecular weight is 336 g/mol. The van der Waals surface area contributed by atoms with Gasteiger partial charge in [0, 0.05) is 11.5 Å². The molecule has 0 spiro atoms. The minimum absolute atomic E-state index is 0.108. The minimum atomic E-state index is -0.108. The van der Waals surface area contributed by atoms with Crippen molar-refractivity contribution in [2.75, 3.05) is 6.61 Å². The number of nitriles is 2. The molecule has 4 rings (SSSR count). The molecular formula is C21H24N2O2. The first-order valence-electron chi connectivity index (χ1n) is 9.65. The third kappa shape index (κ3) is 2.35. The van der Waals surface area contributed by atoms with Gasteiger partial charge in [-0.2, -0.15) is 10.5 Å². The number of hydrogen-bond acceptors (Lipinski definition) is 4. The predicted molar refractivity (Wildman–Crippen MR) is 91.7 cm³/mol. The molecule has 2 bridgehead atoms. The zero-order chi connectivity index (χ0) is 17.6.